The number of hydrogen-bond donors (Lipinski definition) is 1. The van der Waals surface area contributed by atoms with E-state index in [1.807, 2.05) is 0 Å². The van der Waals surface area contributed by atoms with E-state index in [0.29, 0.717) is 5.01 Å². The van der Waals surface area contributed by atoms with Crippen LogP contribution in [0, 0.1) is 11.6 Å². The zero-order chi connectivity index (χ0) is 18.6. The molecule has 0 saturated carbocycles. The lowest BCUT2D eigenvalue weighted by Crippen LogP contribution is -2.39. The molecule has 0 unspecified atom stereocenters. The van der Waals surface area contributed by atoms with Crippen molar-refractivity contribution in [1.82, 2.24) is 9.88 Å². The number of carbonyl (C=O) groups is 2. The lowest BCUT2D eigenvalue weighted by molar-refractivity contribution is 0.0594. The van der Waals surface area contributed by atoms with Crippen LogP contribution in [0.4, 0.5) is 19.3 Å². The van der Waals surface area contributed by atoms with Crippen LogP contribution in [0.5, 0.6) is 0 Å². The minimum Gasteiger partial charge on any atom is -0.464 e. The first-order chi connectivity index (χ1) is 11.8. The highest BCUT2D eigenvalue weighted by Crippen LogP contribution is 2.18. The average Bonchev–Trinajstić information content (AvgIpc) is 3.03. The highest BCUT2D eigenvalue weighted by molar-refractivity contribution is 7.09. The normalized spacial score (nSPS) is 10.6. The molecule has 1 aromatic carbocycles. The predicted octanol–water partition coefficient (Wildman–Crippen LogP) is 3.65. The van der Waals surface area contributed by atoms with Crippen molar-refractivity contribution in [1.29, 1.82) is 0 Å². The number of esters is 1. The Morgan fingerprint density at radius 2 is 2.04 bits per heavy atom. The number of nitrogens with zero attached hydrogens (tertiary/aromatic N) is 2. The van der Waals surface area contributed by atoms with Gasteiger partial charge in [0.25, 0.3) is 0 Å². The first kappa shape index (κ1) is 18.8. The smallest absolute Gasteiger partial charge is 0.357 e. The van der Waals surface area contributed by atoms with E-state index in [-0.39, 0.29) is 24.0 Å². The molecule has 2 aromatic rings. The van der Waals surface area contributed by atoms with Gasteiger partial charge in [-0.15, -0.1) is 11.3 Å². The first-order valence-electron chi connectivity index (χ1n) is 7.37. The molecule has 0 aliphatic heterocycles. The van der Waals surface area contributed by atoms with E-state index in [4.69, 9.17) is 0 Å². The molecule has 6 nitrogen and oxygen atoms in total. The van der Waals surface area contributed by atoms with Crippen LogP contribution in [0.1, 0.15) is 29.3 Å². The molecule has 0 radical (unpaired) electrons. The van der Waals surface area contributed by atoms with Crippen LogP contribution in [-0.2, 0) is 11.3 Å². The van der Waals surface area contributed by atoms with Crippen molar-refractivity contribution in [3.8, 4) is 0 Å². The highest BCUT2D eigenvalue weighted by atomic mass is 32.1. The van der Waals surface area contributed by atoms with Crippen LogP contribution >= 0.6 is 11.3 Å². The molecule has 0 aliphatic carbocycles. The van der Waals surface area contributed by atoms with Crippen molar-refractivity contribution >= 4 is 29.0 Å². The number of thiazole rings is 1. The Morgan fingerprint density at radius 1 is 1.32 bits per heavy atom. The van der Waals surface area contributed by atoms with E-state index in [9.17, 15) is 18.4 Å². The number of hydrogen-bond acceptors (Lipinski definition) is 5. The second kappa shape index (κ2) is 8.02. The summed E-state index contributed by atoms with van der Waals surface area (Å²) in [5.41, 5.74) is 0.316. The quantitative estimate of drug-likeness (QED) is 0.817. The topological polar surface area (TPSA) is 71.5 Å². The van der Waals surface area contributed by atoms with Crippen molar-refractivity contribution in [3.05, 3.63) is 45.9 Å². The molecule has 134 valence electrons. The van der Waals surface area contributed by atoms with Crippen LogP contribution in [0.15, 0.2) is 23.6 Å². The fraction of sp³-hybridized carbons (Fsp3) is 0.312. The number of ether oxygens (including phenoxy) is 1. The molecule has 0 bridgehead atoms. The second-order valence-electron chi connectivity index (χ2n) is 5.40. The minimum absolute atomic E-state index is 0.143. The van der Waals surface area contributed by atoms with Gasteiger partial charge in [0.05, 0.1) is 13.7 Å². The summed E-state index contributed by atoms with van der Waals surface area (Å²) in [6.07, 6.45) is 0. The summed E-state index contributed by atoms with van der Waals surface area (Å²) in [6.45, 7) is 3.77. The Morgan fingerprint density at radius 3 is 2.64 bits per heavy atom. The van der Waals surface area contributed by atoms with Gasteiger partial charge in [0.15, 0.2) is 17.3 Å². The number of aromatic nitrogens is 1. The van der Waals surface area contributed by atoms with E-state index < -0.39 is 23.6 Å². The molecule has 9 heteroatoms. The van der Waals surface area contributed by atoms with Crippen LogP contribution in [-0.4, -0.2) is 35.0 Å². The fourth-order valence-electron chi connectivity index (χ4n) is 1.99. The molecule has 1 heterocycles. The van der Waals surface area contributed by atoms with Gasteiger partial charge in [0, 0.05) is 23.2 Å². The van der Waals surface area contributed by atoms with Gasteiger partial charge >= 0.3 is 12.0 Å². The zero-order valence-corrected chi connectivity index (χ0v) is 14.7. The van der Waals surface area contributed by atoms with E-state index in [0.717, 1.165) is 12.1 Å². The lowest BCUT2D eigenvalue weighted by Gasteiger charge is -2.26. The van der Waals surface area contributed by atoms with Gasteiger partial charge in [-0.1, -0.05) is 0 Å². The average molecular weight is 369 g/mol. The summed E-state index contributed by atoms with van der Waals surface area (Å²) in [4.78, 5) is 29.5. The lowest BCUT2D eigenvalue weighted by atomic mass is 10.3. The maximum absolute atomic E-state index is 13.3. The highest BCUT2D eigenvalue weighted by Gasteiger charge is 2.20. The van der Waals surface area contributed by atoms with E-state index in [1.165, 1.54) is 29.4 Å². The number of nitrogens with one attached hydrogen (secondary N) is 1. The Hall–Kier alpha value is -2.55. The molecule has 0 saturated heterocycles. The minimum atomic E-state index is -1.04. The number of urea groups is 1. The van der Waals surface area contributed by atoms with Crippen molar-refractivity contribution in [2.75, 3.05) is 12.4 Å². The van der Waals surface area contributed by atoms with Gasteiger partial charge < -0.3 is 15.0 Å². The van der Waals surface area contributed by atoms with E-state index >= 15 is 0 Å². The number of amides is 2. The summed E-state index contributed by atoms with van der Waals surface area (Å²) in [7, 11) is 1.26. The second-order valence-corrected chi connectivity index (χ2v) is 6.34. The Balaban J connectivity index is 2.11. The summed E-state index contributed by atoms with van der Waals surface area (Å²) < 4.78 is 30.8. The summed E-state index contributed by atoms with van der Waals surface area (Å²) in [6, 6.07) is 2.44. The van der Waals surface area contributed by atoms with Crippen LogP contribution in [0.25, 0.3) is 0 Å². The van der Waals surface area contributed by atoms with Gasteiger partial charge in [-0.2, -0.15) is 0 Å². The summed E-state index contributed by atoms with van der Waals surface area (Å²) in [5, 5.41) is 4.62. The number of methoxy groups -OCH3 is 1. The molecule has 1 N–H and O–H groups in total. The third kappa shape index (κ3) is 4.72. The molecule has 0 aliphatic rings. The van der Waals surface area contributed by atoms with Crippen molar-refractivity contribution < 1.29 is 23.1 Å². The standard InChI is InChI=1S/C16H17F2N3O3S/c1-9(2)21(7-14-20-13(8-25-14)15(22)24-3)16(23)19-10-4-5-11(17)12(18)6-10/h4-6,8-9H,7H2,1-3H3,(H,19,23). The van der Waals surface area contributed by atoms with Gasteiger partial charge in [-0.25, -0.2) is 23.4 Å². The molecule has 0 spiro atoms. The Labute approximate surface area is 147 Å². The Bertz CT molecular complexity index is 780. The number of halogens is 2. The van der Waals surface area contributed by atoms with E-state index in [2.05, 4.69) is 15.0 Å². The third-order valence-electron chi connectivity index (χ3n) is 3.31. The van der Waals surface area contributed by atoms with Crippen molar-refractivity contribution in [3.63, 3.8) is 0 Å². The largest absolute Gasteiger partial charge is 0.464 e. The van der Waals surface area contributed by atoms with Crippen LogP contribution < -0.4 is 5.32 Å². The maximum Gasteiger partial charge on any atom is 0.357 e. The molecule has 0 fully saturated rings. The van der Waals surface area contributed by atoms with Crippen molar-refractivity contribution in [2.45, 2.75) is 26.4 Å². The van der Waals surface area contributed by atoms with Gasteiger partial charge in [0.1, 0.15) is 5.01 Å². The molecular formula is C16H17F2N3O3S. The van der Waals surface area contributed by atoms with Crippen LogP contribution in [0.3, 0.4) is 0 Å². The summed E-state index contributed by atoms with van der Waals surface area (Å²) >= 11 is 1.22. The molecule has 2 amide bonds. The summed E-state index contributed by atoms with van der Waals surface area (Å²) in [5.74, 6) is -2.58. The van der Waals surface area contributed by atoms with Crippen molar-refractivity contribution in [2.24, 2.45) is 0 Å². The number of carbonyl (C=O) groups excluding carboxylic acids is 2. The molecule has 0 atom stereocenters. The first-order valence-corrected chi connectivity index (χ1v) is 8.25. The molecule has 1 aromatic heterocycles. The number of benzene rings is 1. The predicted molar refractivity (Wildman–Crippen MR) is 89.5 cm³/mol. The number of rotatable bonds is 5. The SMILES string of the molecule is COC(=O)c1csc(CN(C(=O)Nc2ccc(F)c(F)c2)C(C)C)n1. The fourth-order valence-corrected chi connectivity index (χ4v) is 2.75. The maximum atomic E-state index is 13.3. The van der Waals surface area contributed by atoms with Crippen LogP contribution in [0.2, 0.25) is 0 Å². The van der Waals surface area contributed by atoms with Gasteiger partial charge in [-0.3, -0.25) is 0 Å². The molecule has 2 rings (SSSR count). The molecular weight excluding hydrogens is 352 g/mol. The Kier molecular flexibility index (Phi) is 6.02. The van der Waals surface area contributed by atoms with Gasteiger partial charge in [0.2, 0.25) is 0 Å². The van der Waals surface area contributed by atoms with Gasteiger partial charge in [-0.05, 0) is 26.0 Å². The molecule has 25 heavy (non-hydrogen) atoms. The monoisotopic (exact) mass is 369 g/mol. The zero-order valence-electron chi connectivity index (χ0n) is 13.9. The third-order valence-corrected chi connectivity index (χ3v) is 4.14. The number of anilines is 1. The van der Waals surface area contributed by atoms with E-state index in [1.54, 1.807) is 19.2 Å².